The Morgan fingerprint density at radius 1 is 1.37 bits per heavy atom. The number of rotatable bonds is 3. The lowest BCUT2D eigenvalue weighted by atomic mass is 10.2. The summed E-state index contributed by atoms with van der Waals surface area (Å²) in [5, 5.41) is 9.18. The fourth-order valence-electron chi connectivity index (χ4n) is 1.64. The Morgan fingerprint density at radius 3 is 2.58 bits per heavy atom. The van der Waals surface area contributed by atoms with Crippen LogP contribution in [0.4, 0.5) is 15.9 Å². The van der Waals surface area contributed by atoms with Crippen molar-refractivity contribution in [1.29, 1.82) is 0 Å². The fourth-order valence-corrected chi connectivity index (χ4v) is 1.97. The monoisotopic (exact) mass is 324 g/mol. The van der Waals surface area contributed by atoms with Crippen LogP contribution in [-0.2, 0) is 0 Å². The van der Waals surface area contributed by atoms with E-state index < -0.39 is 5.97 Å². The van der Waals surface area contributed by atoms with Gasteiger partial charge < -0.3 is 10.0 Å². The molecule has 6 heteroatoms. The maximum Gasteiger partial charge on any atom is 0.339 e. The summed E-state index contributed by atoms with van der Waals surface area (Å²) in [5.41, 5.74) is 0.722. The molecule has 0 aliphatic heterocycles. The Kier molecular flexibility index (Phi) is 3.80. The summed E-state index contributed by atoms with van der Waals surface area (Å²) in [7, 11) is 1.68. The van der Waals surface area contributed by atoms with Gasteiger partial charge in [-0.05, 0) is 46.3 Å². The zero-order chi connectivity index (χ0) is 14.0. The number of carboxylic acids is 1. The van der Waals surface area contributed by atoms with Crippen molar-refractivity contribution in [1.82, 2.24) is 4.98 Å². The van der Waals surface area contributed by atoms with E-state index in [1.165, 1.54) is 24.4 Å². The zero-order valence-corrected chi connectivity index (χ0v) is 11.6. The molecule has 0 amide bonds. The first-order chi connectivity index (χ1) is 8.99. The van der Waals surface area contributed by atoms with Crippen molar-refractivity contribution < 1.29 is 14.3 Å². The number of aromatic nitrogens is 1. The number of anilines is 2. The molecule has 0 saturated carbocycles. The second-order valence-corrected chi connectivity index (χ2v) is 4.78. The number of carbonyl (C=O) groups is 1. The molecule has 0 aliphatic carbocycles. The first kappa shape index (κ1) is 13.5. The first-order valence-corrected chi connectivity index (χ1v) is 6.16. The molecule has 2 aromatic rings. The van der Waals surface area contributed by atoms with Gasteiger partial charge in [0.1, 0.15) is 17.2 Å². The molecule has 1 heterocycles. The summed E-state index contributed by atoms with van der Waals surface area (Å²) < 4.78 is 13.5. The third-order valence-corrected chi connectivity index (χ3v) is 3.03. The van der Waals surface area contributed by atoms with Crippen LogP contribution in [0.15, 0.2) is 41.0 Å². The lowest BCUT2D eigenvalue weighted by Gasteiger charge is -2.20. The van der Waals surface area contributed by atoms with Crippen LogP contribution in [0.1, 0.15) is 10.4 Å². The van der Waals surface area contributed by atoms with Crippen molar-refractivity contribution >= 4 is 33.4 Å². The highest BCUT2D eigenvalue weighted by Crippen LogP contribution is 2.27. The normalized spacial score (nSPS) is 10.3. The summed E-state index contributed by atoms with van der Waals surface area (Å²) in [6, 6.07) is 7.22. The summed E-state index contributed by atoms with van der Waals surface area (Å²) in [5.74, 6) is -1.13. The number of nitrogens with zero attached hydrogens (tertiary/aromatic N) is 2. The number of aromatic carboxylic acids is 1. The van der Waals surface area contributed by atoms with Crippen molar-refractivity contribution in [3.05, 3.63) is 52.4 Å². The van der Waals surface area contributed by atoms with E-state index in [9.17, 15) is 14.3 Å². The number of hydrogen-bond donors (Lipinski definition) is 1. The molecule has 19 heavy (non-hydrogen) atoms. The largest absolute Gasteiger partial charge is 0.478 e. The van der Waals surface area contributed by atoms with E-state index in [0.717, 1.165) is 0 Å². The molecule has 1 aromatic heterocycles. The molecule has 0 saturated heterocycles. The Balaban J connectivity index is 2.46. The number of hydrogen-bond acceptors (Lipinski definition) is 3. The minimum Gasteiger partial charge on any atom is -0.478 e. The summed E-state index contributed by atoms with van der Waals surface area (Å²) in [6.07, 6.45) is 1.52. The number of halogens is 2. The standard InChI is InChI=1S/C13H10BrFN2O2/c1-17(10-4-2-9(15)3-5-10)12-11(13(18)19)6-8(14)7-16-12/h2-7H,1H3,(H,18,19). The quantitative estimate of drug-likeness (QED) is 0.939. The molecule has 4 nitrogen and oxygen atoms in total. The van der Waals surface area contributed by atoms with Gasteiger partial charge in [-0.1, -0.05) is 0 Å². The van der Waals surface area contributed by atoms with Gasteiger partial charge in [-0.3, -0.25) is 0 Å². The molecule has 0 unspecified atom stereocenters. The molecule has 0 radical (unpaired) electrons. The van der Waals surface area contributed by atoms with Gasteiger partial charge in [0.25, 0.3) is 0 Å². The minimum absolute atomic E-state index is 0.0706. The second kappa shape index (κ2) is 5.36. The predicted molar refractivity (Wildman–Crippen MR) is 73.4 cm³/mol. The Bertz CT molecular complexity index is 617. The Morgan fingerprint density at radius 2 is 2.00 bits per heavy atom. The molecule has 0 aliphatic rings. The highest BCUT2D eigenvalue weighted by molar-refractivity contribution is 9.10. The van der Waals surface area contributed by atoms with E-state index in [1.807, 2.05) is 0 Å². The maximum atomic E-state index is 12.9. The molecule has 0 fully saturated rings. The van der Waals surface area contributed by atoms with Gasteiger partial charge in [0.05, 0.1) is 0 Å². The van der Waals surface area contributed by atoms with Crippen LogP contribution in [0.5, 0.6) is 0 Å². The van der Waals surface area contributed by atoms with Crippen LogP contribution in [0.3, 0.4) is 0 Å². The fraction of sp³-hybridized carbons (Fsp3) is 0.0769. The lowest BCUT2D eigenvalue weighted by molar-refractivity contribution is 0.0697. The number of carboxylic acid groups (broad SMARTS) is 1. The van der Waals surface area contributed by atoms with Crippen molar-refractivity contribution in [2.75, 3.05) is 11.9 Å². The number of pyridine rings is 1. The van der Waals surface area contributed by atoms with Crippen LogP contribution in [0, 0.1) is 5.82 Å². The van der Waals surface area contributed by atoms with E-state index in [1.54, 1.807) is 24.1 Å². The molecule has 1 aromatic carbocycles. The molecule has 98 valence electrons. The van der Waals surface area contributed by atoms with E-state index >= 15 is 0 Å². The maximum absolute atomic E-state index is 12.9. The first-order valence-electron chi connectivity index (χ1n) is 5.37. The molecule has 2 rings (SSSR count). The van der Waals surface area contributed by atoms with Crippen molar-refractivity contribution in [2.24, 2.45) is 0 Å². The Hall–Kier alpha value is -1.95. The molecular weight excluding hydrogens is 315 g/mol. The third kappa shape index (κ3) is 2.90. The summed E-state index contributed by atoms with van der Waals surface area (Å²) >= 11 is 3.19. The summed E-state index contributed by atoms with van der Waals surface area (Å²) in [4.78, 5) is 16.9. The lowest BCUT2D eigenvalue weighted by Crippen LogP contribution is -2.15. The highest BCUT2D eigenvalue weighted by Gasteiger charge is 2.16. The number of benzene rings is 1. The molecule has 0 spiro atoms. The van der Waals surface area contributed by atoms with Crippen LogP contribution in [0.25, 0.3) is 0 Å². The average Bonchev–Trinajstić information content (AvgIpc) is 2.38. The van der Waals surface area contributed by atoms with Gasteiger partial charge in [0.15, 0.2) is 0 Å². The highest BCUT2D eigenvalue weighted by atomic mass is 79.9. The topological polar surface area (TPSA) is 53.4 Å². The molecule has 1 N–H and O–H groups in total. The smallest absolute Gasteiger partial charge is 0.339 e. The van der Waals surface area contributed by atoms with Crippen LogP contribution in [-0.4, -0.2) is 23.1 Å². The van der Waals surface area contributed by atoms with E-state index in [0.29, 0.717) is 16.0 Å². The second-order valence-electron chi connectivity index (χ2n) is 3.87. The van der Waals surface area contributed by atoms with Gasteiger partial charge in [-0.25, -0.2) is 14.2 Å². The van der Waals surface area contributed by atoms with Gasteiger partial charge >= 0.3 is 5.97 Å². The van der Waals surface area contributed by atoms with Crippen LogP contribution < -0.4 is 4.90 Å². The Labute approximate surface area is 117 Å². The SMILES string of the molecule is CN(c1ccc(F)cc1)c1ncc(Br)cc1C(=O)O. The third-order valence-electron chi connectivity index (χ3n) is 2.60. The average molecular weight is 325 g/mol. The molecule has 0 bridgehead atoms. The van der Waals surface area contributed by atoms with E-state index in [2.05, 4.69) is 20.9 Å². The van der Waals surface area contributed by atoms with E-state index in [4.69, 9.17) is 0 Å². The van der Waals surface area contributed by atoms with Crippen molar-refractivity contribution in [2.45, 2.75) is 0 Å². The van der Waals surface area contributed by atoms with Crippen molar-refractivity contribution in [3.63, 3.8) is 0 Å². The minimum atomic E-state index is -1.07. The van der Waals surface area contributed by atoms with Crippen LogP contribution in [0.2, 0.25) is 0 Å². The van der Waals surface area contributed by atoms with Crippen molar-refractivity contribution in [3.8, 4) is 0 Å². The molecular formula is C13H10BrFN2O2. The van der Waals surface area contributed by atoms with Gasteiger partial charge in [0, 0.05) is 23.4 Å². The predicted octanol–water partition coefficient (Wildman–Crippen LogP) is 3.45. The van der Waals surface area contributed by atoms with Crippen LogP contribution >= 0.6 is 15.9 Å². The van der Waals surface area contributed by atoms with Gasteiger partial charge in [-0.2, -0.15) is 0 Å². The summed E-state index contributed by atoms with van der Waals surface area (Å²) in [6.45, 7) is 0. The zero-order valence-electron chi connectivity index (χ0n) is 9.97. The van der Waals surface area contributed by atoms with Gasteiger partial charge in [0.2, 0.25) is 0 Å². The van der Waals surface area contributed by atoms with E-state index in [-0.39, 0.29) is 11.4 Å². The molecule has 0 atom stereocenters. The van der Waals surface area contributed by atoms with Gasteiger partial charge in [-0.15, -0.1) is 0 Å².